The highest BCUT2D eigenvalue weighted by molar-refractivity contribution is 5.94. The van der Waals surface area contributed by atoms with E-state index >= 15 is 0 Å². The van der Waals surface area contributed by atoms with Crippen LogP contribution in [0.25, 0.3) is 10.8 Å². The molecular weight excluding hydrogens is 410 g/mol. The maximum atomic E-state index is 2.35. The second-order valence-corrected chi connectivity index (χ2v) is 8.94. The van der Waals surface area contributed by atoms with Crippen LogP contribution in [0.3, 0.4) is 0 Å². The van der Waals surface area contributed by atoms with Gasteiger partial charge in [0.1, 0.15) is 11.4 Å². The van der Waals surface area contributed by atoms with Gasteiger partial charge in [-0.05, 0) is 54.1 Å². The summed E-state index contributed by atoms with van der Waals surface area (Å²) in [6, 6.07) is 46.5. The molecule has 1 heteroatoms. The highest BCUT2D eigenvalue weighted by atomic mass is 15.4. The molecule has 0 aromatic heterocycles. The molecule has 0 spiro atoms. The Morgan fingerprint density at radius 1 is 0.500 bits per heavy atom. The van der Waals surface area contributed by atoms with E-state index in [1.54, 1.807) is 0 Å². The van der Waals surface area contributed by atoms with Crippen molar-refractivity contribution in [1.82, 2.24) is 4.48 Å². The Labute approximate surface area is 203 Å². The first-order valence-corrected chi connectivity index (χ1v) is 12.3. The summed E-state index contributed by atoms with van der Waals surface area (Å²) in [7, 11) is 0. The fraction of sp³-hybridized carbons (Fsp3) is 0.152. The first kappa shape index (κ1) is 22.1. The molecule has 0 aliphatic heterocycles. The van der Waals surface area contributed by atoms with Crippen molar-refractivity contribution in [3.8, 4) is 0 Å². The lowest BCUT2D eigenvalue weighted by Gasteiger charge is -2.37. The number of nitrogens with zero attached hydrogens (tertiary/aromatic N) is 1. The molecule has 1 nitrogen and oxygen atoms in total. The number of fused-ring (bicyclic) bond motifs is 1. The van der Waals surface area contributed by atoms with Crippen LogP contribution in [0.15, 0.2) is 127 Å². The Morgan fingerprint density at radius 3 is 1.59 bits per heavy atom. The second-order valence-electron chi connectivity index (χ2n) is 8.94. The van der Waals surface area contributed by atoms with Crippen LogP contribution in [0.2, 0.25) is 0 Å². The van der Waals surface area contributed by atoms with Gasteiger partial charge in [-0.1, -0.05) is 103 Å². The van der Waals surface area contributed by atoms with Crippen molar-refractivity contribution in [3.63, 3.8) is 0 Å². The smallest absolute Gasteiger partial charge is 0.145 e. The van der Waals surface area contributed by atoms with Crippen molar-refractivity contribution in [3.05, 3.63) is 144 Å². The van der Waals surface area contributed by atoms with E-state index in [-0.39, 0.29) is 5.92 Å². The predicted molar refractivity (Wildman–Crippen MR) is 147 cm³/mol. The van der Waals surface area contributed by atoms with Crippen LogP contribution < -0.4 is 4.48 Å². The van der Waals surface area contributed by atoms with Gasteiger partial charge >= 0.3 is 0 Å². The Balaban J connectivity index is 1.61. The summed E-state index contributed by atoms with van der Waals surface area (Å²) in [5.41, 5.74) is 6.68. The van der Waals surface area contributed by atoms with Gasteiger partial charge in [-0.25, -0.2) is 0 Å². The van der Waals surface area contributed by atoms with Crippen molar-refractivity contribution in [2.45, 2.75) is 19.8 Å². The molecule has 5 rings (SSSR count). The molecule has 168 valence electrons. The van der Waals surface area contributed by atoms with Crippen LogP contribution in [0.4, 0.5) is 11.4 Å². The molecule has 0 radical (unpaired) electrons. The normalized spacial score (nSPS) is 11.7. The molecule has 5 aromatic carbocycles. The highest BCUT2D eigenvalue weighted by Crippen LogP contribution is 2.40. The number of benzene rings is 5. The van der Waals surface area contributed by atoms with Crippen molar-refractivity contribution in [2.75, 3.05) is 13.1 Å². The number of rotatable bonds is 7. The topological polar surface area (TPSA) is 0 Å². The minimum atomic E-state index is 0.221. The average Bonchev–Trinajstić information content (AvgIpc) is 2.92. The molecule has 0 saturated heterocycles. The summed E-state index contributed by atoms with van der Waals surface area (Å²) in [5.74, 6) is 0.221. The summed E-state index contributed by atoms with van der Waals surface area (Å²) in [4.78, 5) is 0. The lowest BCUT2D eigenvalue weighted by molar-refractivity contribution is 0.423. The Bertz CT molecular complexity index is 1310. The molecule has 0 unspecified atom stereocenters. The molecule has 0 saturated carbocycles. The third-order valence-electron chi connectivity index (χ3n) is 7.29. The minimum absolute atomic E-state index is 0.221. The van der Waals surface area contributed by atoms with Crippen molar-refractivity contribution in [2.24, 2.45) is 0 Å². The monoisotopic (exact) mass is 442 g/mol. The Hall–Kier alpha value is -3.68. The first-order chi connectivity index (χ1) is 16.8. The van der Waals surface area contributed by atoms with Gasteiger partial charge < -0.3 is 0 Å². The van der Waals surface area contributed by atoms with Gasteiger partial charge in [0.15, 0.2) is 0 Å². The van der Waals surface area contributed by atoms with E-state index in [0.717, 1.165) is 17.6 Å². The van der Waals surface area contributed by atoms with E-state index in [1.807, 2.05) is 0 Å². The van der Waals surface area contributed by atoms with Crippen molar-refractivity contribution < 1.29 is 0 Å². The molecule has 0 amide bonds. The minimum Gasteiger partial charge on any atom is -0.259 e. The van der Waals surface area contributed by atoms with Crippen LogP contribution >= 0.6 is 0 Å². The van der Waals surface area contributed by atoms with Gasteiger partial charge in [0.2, 0.25) is 0 Å². The van der Waals surface area contributed by atoms with E-state index < -0.39 is 0 Å². The molecule has 0 bridgehead atoms. The lowest BCUT2D eigenvalue weighted by atomic mass is 9.85. The summed E-state index contributed by atoms with van der Waals surface area (Å²) < 4.78 is 0.836. The van der Waals surface area contributed by atoms with Gasteiger partial charge in [-0.2, -0.15) is 0 Å². The summed E-state index contributed by atoms with van der Waals surface area (Å²) in [6.45, 7) is 6.61. The third kappa shape index (κ3) is 3.93. The second kappa shape index (κ2) is 9.67. The van der Waals surface area contributed by atoms with Crippen LogP contribution in [0, 0.1) is 0 Å². The summed E-state index contributed by atoms with van der Waals surface area (Å²) >= 11 is 0. The van der Waals surface area contributed by atoms with Crippen molar-refractivity contribution in [1.29, 1.82) is 0 Å². The Morgan fingerprint density at radius 2 is 1.00 bits per heavy atom. The van der Waals surface area contributed by atoms with E-state index in [4.69, 9.17) is 0 Å². The van der Waals surface area contributed by atoms with Gasteiger partial charge in [-0.3, -0.25) is 4.48 Å². The third-order valence-corrected chi connectivity index (χ3v) is 7.29. The number of hydrogen-bond donors (Lipinski definition) is 0. The zero-order chi connectivity index (χ0) is 23.4. The quantitative estimate of drug-likeness (QED) is 0.175. The summed E-state index contributed by atoms with van der Waals surface area (Å²) in [5, 5.41) is 2.64. The standard InChI is InChI=1S/C33H32N/c1-3-34(4-2,32-21-13-19-26-14-11-12-20-31(26)32)30-24-22-29(23-25-30)33(27-15-7-5-8-16-27)28-17-9-6-10-18-28/h5-25,33H,3-4H2,1-2H3/q+1. The van der Waals surface area contributed by atoms with E-state index in [9.17, 15) is 0 Å². The van der Waals surface area contributed by atoms with E-state index in [1.165, 1.54) is 38.8 Å². The largest absolute Gasteiger partial charge is 0.259 e. The zero-order valence-electron chi connectivity index (χ0n) is 20.1. The molecule has 0 fully saturated rings. The first-order valence-electron chi connectivity index (χ1n) is 12.3. The predicted octanol–water partition coefficient (Wildman–Crippen LogP) is 8.70. The fourth-order valence-electron chi connectivity index (χ4n) is 5.47. The van der Waals surface area contributed by atoms with Crippen LogP contribution in [-0.4, -0.2) is 13.1 Å². The maximum absolute atomic E-state index is 2.35. The SMILES string of the molecule is CC[N+](CC)(c1ccc(C(c2ccccc2)c2ccccc2)cc1)c1cccc2ccccc12. The van der Waals surface area contributed by atoms with Crippen LogP contribution in [0.5, 0.6) is 0 Å². The molecule has 34 heavy (non-hydrogen) atoms. The number of quaternary nitrogens is 1. The van der Waals surface area contributed by atoms with Gasteiger partial charge in [0, 0.05) is 17.4 Å². The van der Waals surface area contributed by atoms with Gasteiger partial charge in [0.05, 0.1) is 13.1 Å². The number of hydrogen-bond acceptors (Lipinski definition) is 0. The Kier molecular flexibility index (Phi) is 6.29. The zero-order valence-corrected chi connectivity index (χ0v) is 20.1. The van der Waals surface area contributed by atoms with Crippen LogP contribution in [0.1, 0.15) is 36.5 Å². The molecule has 5 aromatic rings. The van der Waals surface area contributed by atoms with E-state index in [2.05, 4.69) is 141 Å². The average molecular weight is 443 g/mol. The van der Waals surface area contributed by atoms with Gasteiger partial charge in [0.25, 0.3) is 0 Å². The van der Waals surface area contributed by atoms with Gasteiger partial charge in [-0.15, -0.1) is 0 Å². The molecule has 0 heterocycles. The lowest BCUT2D eigenvalue weighted by Crippen LogP contribution is -2.43. The molecular formula is C33H32N+. The molecule has 0 aliphatic carbocycles. The van der Waals surface area contributed by atoms with Crippen LogP contribution in [-0.2, 0) is 0 Å². The molecule has 0 atom stereocenters. The fourth-order valence-corrected chi connectivity index (χ4v) is 5.47. The summed E-state index contributed by atoms with van der Waals surface area (Å²) in [6.07, 6.45) is 0. The highest BCUT2D eigenvalue weighted by Gasteiger charge is 2.31. The molecule has 0 aliphatic rings. The maximum Gasteiger partial charge on any atom is 0.145 e. The van der Waals surface area contributed by atoms with E-state index in [0.29, 0.717) is 0 Å². The molecule has 0 N–H and O–H groups in total. The van der Waals surface area contributed by atoms with Crippen molar-refractivity contribution >= 4 is 22.1 Å².